The van der Waals surface area contributed by atoms with Gasteiger partial charge in [-0.3, -0.25) is 4.79 Å². The molecule has 1 amide bonds. The summed E-state index contributed by atoms with van der Waals surface area (Å²) >= 11 is 0. The first kappa shape index (κ1) is 12.4. The van der Waals surface area contributed by atoms with E-state index in [9.17, 15) is 4.79 Å². The van der Waals surface area contributed by atoms with Gasteiger partial charge in [-0.2, -0.15) is 0 Å². The lowest BCUT2D eigenvalue weighted by Gasteiger charge is -2.45. The molecule has 3 aliphatic rings. The Morgan fingerprint density at radius 3 is 2.72 bits per heavy atom. The quantitative estimate of drug-likeness (QED) is 0.761. The average Bonchev–Trinajstić information content (AvgIpc) is 2.47. The zero-order valence-electron chi connectivity index (χ0n) is 11.1. The molecular weight excluding hydrogens is 228 g/mol. The molecule has 18 heavy (non-hydrogen) atoms. The summed E-state index contributed by atoms with van der Waals surface area (Å²) in [5.41, 5.74) is 0. The van der Waals surface area contributed by atoms with Gasteiger partial charge in [0.1, 0.15) is 0 Å². The molecule has 2 atom stereocenters. The summed E-state index contributed by atoms with van der Waals surface area (Å²) in [6.07, 6.45) is 7.12. The first-order valence-corrected chi connectivity index (χ1v) is 7.49. The summed E-state index contributed by atoms with van der Waals surface area (Å²) in [4.78, 5) is 14.8. The van der Waals surface area contributed by atoms with Crippen molar-refractivity contribution in [2.75, 3.05) is 26.2 Å². The molecule has 2 saturated heterocycles. The van der Waals surface area contributed by atoms with E-state index in [1.165, 1.54) is 12.8 Å². The maximum absolute atomic E-state index is 12.7. The minimum Gasteiger partial charge on any atom is -0.374 e. The van der Waals surface area contributed by atoms with Crippen molar-refractivity contribution in [1.82, 2.24) is 10.2 Å². The number of carbonyl (C=O) groups is 1. The minimum absolute atomic E-state index is 0.256. The van der Waals surface area contributed by atoms with Crippen LogP contribution in [0, 0.1) is 5.92 Å². The lowest BCUT2D eigenvalue weighted by Crippen LogP contribution is -2.56. The number of morpholine rings is 1. The van der Waals surface area contributed by atoms with E-state index in [1.807, 2.05) is 0 Å². The van der Waals surface area contributed by atoms with E-state index < -0.39 is 0 Å². The number of piperidine rings is 1. The van der Waals surface area contributed by atoms with E-state index in [0.717, 1.165) is 51.9 Å². The van der Waals surface area contributed by atoms with Crippen LogP contribution in [0.4, 0.5) is 0 Å². The zero-order chi connectivity index (χ0) is 12.4. The lowest BCUT2D eigenvalue weighted by atomic mass is 9.88. The van der Waals surface area contributed by atoms with Crippen LogP contribution in [-0.4, -0.2) is 49.2 Å². The Morgan fingerprint density at radius 2 is 1.89 bits per heavy atom. The molecule has 0 aromatic heterocycles. The van der Waals surface area contributed by atoms with Crippen LogP contribution in [-0.2, 0) is 9.53 Å². The highest BCUT2D eigenvalue weighted by Gasteiger charge is 2.38. The topological polar surface area (TPSA) is 41.6 Å². The van der Waals surface area contributed by atoms with Gasteiger partial charge in [-0.1, -0.05) is 12.8 Å². The second-order valence-corrected chi connectivity index (χ2v) is 5.82. The lowest BCUT2D eigenvalue weighted by molar-refractivity contribution is -0.154. The van der Waals surface area contributed by atoms with Crippen LogP contribution in [0.25, 0.3) is 0 Å². The number of fused-ring (bicyclic) bond motifs is 1. The van der Waals surface area contributed by atoms with Gasteiger partial charge in [-0.25, -0.2) is 0 Å². The Balaban J connectivity index is 1.67. The Bertz CT molecular complexity index is 300. The second kappa shape index (κ2) is 5.57. The molecule has 2 unspecified atom stereocenters. The summed E-state index contributed by atoms with van der Waals surface area (Å²) in [6.45, 7) is 3.53. The fraction of sp³-hybridized carbons (Fsp3) is 0.929. The number of carbonyl (C=O) groups excluding carboxylic acids is 1. The highest BCUT2D eigenvalue weighted by Crippen LogP contribution is 2.30. The van der Waals surface area contributed by atoms with Gasteiger partial charge in [0.2, 0.25) is 5.91 Å². The molecular formula is C14H24N2O2. The van der Waals surface area contributed by atoms with E-state index in [4.69, 9.17) is 4.74 Å². The van der Waals surface area contributed by atoms with Crippen molar-refractivity contribution in [3.8, 4) is 0 Å². The Kier molecular flexibility index (Phi) is 3.85. The minimum atomic E-state index is 0.256. The largest absolute Gasteiger partial charge is 0.374 e. The number of amides is 1. The van der Waals surface area contributed by atoms with Crippen molar-refractivity contribution in [3.05, 3.63) is 0 Å². The molecule has 1 N–H and O–H groups in total. The fourth-order valence-electron chi connectivity index (χ4n) is 3.67. The normalized spacial score (nSPS) is 34.1. The molecule has 4 heteroatoms. The third kappa shape index (κ3) is 2.41. The molecule has 1 saturated carbocycles. The summed E-state index contributed by atoms with van der Waals surface area (Å²) in [7, 11) is 0. The first-order valence-electron chi connectivity index (χ1n) is 7.49. The Hall–Kier alpha value is -0.610. The molecule has 2 aliphatic heterocycles. The smallest absolute Gasteiger partial charge is 0.226 e. The molecule has 1 aliphatic carbocycles. The number of hydrogen-bond donors (Lipinski definition) is 1. The molecule has 3 rings (SSSR count). The summed E-state index contributed by atoms with van der Waals surface area (Å²) in [5.74, 6) is 0.656. The summed E-state index contributed by atoms with van der Waals surface area (Å²) in [5, 5.41) is 3.33. The summed E-state index contributed by atoms with van der Waals surface area (Å²) < 4.78 is 5.84. The molecule has 0 spiro atoms. The van der Waals surface area contributed by atoms with Crippen LogP contribution in [0.15, 0.2) is 0 Å². The van der Waals surface area contributed by atoms with E-state index in [1.54, 1.807) is 0 Å². The van der Waals surface area contributed by atoms with Crippen molar-refractivity contribution in [1.29, 1.82) is 0 Å². The van der Waals surface area contributed by atoms with Gasteiger partial charge in [0.15, 0.2) is 0 Å². The number of rotatable bonds is 1. The van der Waals surface area contributed by atoms with Crippen molar-refractivity contribution in [2.24, 2.45) is 5.92 Å². The van der Waals surface area contributed by atoms with Gasteiger partial charge in [0.05, 0.1) is 18.8 Å². The van der Waals surface area contributed by atoms with E-state index in [2.05, 4.69) is 10.2 Å². The predicted octanol–water partition coefficient (Wildman–Crippen LogP) is 1.16. The molecule has 3 fully saturated rings. The molecule has 4 nitrogen and oxygen atoms in total. The molecule has 0 bridgehead atoms. The van der Waals surface area contributed by atoms with Gasteiger partial charge in [-0.05, 0) is 38.8 Å². The zero-order valence-corrected chi connectivity index (χ0v) is 11.1. The molecule has 0 radical (unpaired) electrons. The van der Waals surface area contributed by atoms with E-state index in [0.29, 0.717) is 18.1 Å². The molecule has 0 aromatic carbocycles. The highest BCUT2D eigenvalue weighted by molar-refractivity contribution is 5.79. The molecule has 2 heterocycles. The van der Waals surface area contributed by atoms with Crippen molar-refractivity contribution in [3.63, 3.8) is 0 Å². The highest BCUT2D eigenvalue weighted by atomic mass is 16.5. The average molecular weight is 252 g/mol. The molecule has 102 valence electrons. The maximum atomic E-state index is 12.7. The number of hydrogen-bond acceptors (Lipinski definition) is 3. The third-order valence-corrected chi connectivity index (χ3v) is 4.70. The van der Waals surface area contributed by atoms with Crippen LogP contribution in [0.2, 0.25) is 0 Å². The van der Waals surface area contributed by atoms with Crippen molar-refractivity contribution in [2.45, 2.75) is 50.7 Å². The second-order valence-electron chi connectivity index (χ2n) is 5.82. The van der Waals surface area contributed by atoms with Gasteiger partial charge in [0.25, 0.3) is 0 Å². The van der Waals surface area contributed by atoms with Crippen LogP contribution in [0.1, 0.15) is 38.5 Å². The van der Waals surface area contributed by atoms with Crippen molar-refractivity contribution < 1.29 is 9.53 Å². The van der Waals surface area contributed by atoms with E-state index in [-0.39, 0.29) is 5.92 Å². The van der Waals surface area contributed by atoms with Gasteiger partial charge < -0.3 is 15.0 Å². The van der Waals surface area contributed by atoms with Crippen molar-refractivity contribution >= 4 is 5.91 Å². The number of nitrogens with zero attached hydrogens (tertiary/aromatic N) is 1. The SMILES string of the molecule is O=C(C1CCNCC1)N1CCOC2CCCCC21. The fourth-order valence-corrected chi connectivity index (χ4v) is 3.67. The van der Waals surface area contributed by atoms with Gasteiger partial charge in [0, 0.05) is 12.5 Å². The monoisotopic (exact) mass is 252 g/mol. The predicted molar refractivity (Wildman–Crippen MR) is 69.3 cm³/mol. The first-order chi connectivity index (χ1) is 8.86. The number of ether oxygens (including phenoxy) is 1. The van der Waals surface area contributed by atoms with E-state index >= 15 is 0 Å². The van der Waals surface area contributed by atoms with Gasteiger partial charge in [-0.15, -0.1) is 0 Å². The molecule has 0 aromatic rings. The third-order valence-electron chi connectivity index (χ3n) is 4.70. The van der Waals surface area contributed by atoms with Gasteiger partial charge >= 0.3 is 0 Å². The van der Waals surface area contributed by atoms with Crippen LogP contribution < -0.4 is 5.32 Å². The van der Waals surface area contributed by atoms with Crippen LogP contribution in [0.5, 0.6) is 0 Å². The Labute approximate surface area is 109 Å². The maximum Gasteiger partial charge on any atom is 0.226 e. The number of nitrogens with one attached hydrogen (secondary N) is 1. The standard InChI is InChI=1S/C14H24N2O2/c17-14(11-5-7-15-8-6-11)16-9-10-18-13-4-2-1-3-12(13)16/h11-13,15H,1-10H2. The van der Waals surface area contributed by atoms with Crippen LogP contribution >= 0.6 is 0 Å². The van der Waals surface area contributed by atoms with Crippen LogP contribution in [0.3, 0.4) is 0 Å². The summed E-state index contributed by atoms with van der Waals surface area (Å²) in [6, 6.07) is 0.370. The Morgan fingerprint density at radius 1 is 1.11 bits per heavy atom.